The summed E-state index contributed by atoms with van der Waals surface area (Å²) in [6.45, 7) is 6.76. The number of nitrogens with one attached hydrogen (secondary N) is 1. The van der Waals surface area contributed by atoms with E-state index in [0.29, 0.717) is 57.7 Å². The van der Waals surface area contributed by atoms with Gasteiger partial charge in [-0.25, -0.2) is 0 Å². The van der Waals surface area contributed by atoms with Gasteiger partial charge >= 0.3 is 0 Å². The molecule has 1 N–H and O–H groups in total. The van der Waals surface area contributed by atoms with Gasteiger partial charge in [-0.3, -0.25) is 10.2 Å². The summed E-state index contributed by atoms with van der Waals surface area (Å²) in [4.78, 5) is 17.1. The predicted octanol–water partition coefficient (Wildman–Crippen LogP) is 6.59. The van der Waals surface area contributed by atoms with Crippen LogP contribution in [0.25, 0.3) is 6.08 Å². The fourth-order valence-corrected chi connectivity index (χ4v) is 5.39. The number of hydrogen-bond acceptors (Lipinski definition) is 7. The zero-order chi connectivity index (χ0) is 28.8. The van der Waals surface area contributed by atoms with E-state index in [2.05, 4.69) is 16.7 Å². The minimum atomic E-state index is -0.517. The molecule has 0 atom stereocenters. The van der Waals surface area contributed by atoms with E-state index in [-0.39, 0.29) is 11.4 Å². The van der Waals surface area contributed by atoms with E-state index < -0.39 is 5.91 Å². The average Bonchev–Trinajstić information content (AvgIpc) is 3.39. The van der Waals surface area contributed by atoms with Crippen LogP contribution in [0.5, 0.6) is 17.2 Å². The molecule has 208 valence electrons. The molecule has 2 heterocycles. The molecule has 0 radical (unpaired) electrons. The zero-order valence-electron chi connectivity index (χ0n) is 22.3. The number of fused-ring (bicyclic) bond motifs is 1. The lowest BCUT2D eigenvalue weighted by Gasteiger charge is -2.20. The summed E-state index contributed by atoms with van der Waals surface area (Å²) in [5, 5.41) is 16.0. The molecule has 0 unspecified atom stereocenters. The first-order valence-electron chi connectivity index (χ1n) is 12.9. The summed E-state index contributed by atoms with van der Waals surface area (Å²) in [7, 11) is 0. The van der Waals surface area contributed by atoms with Crippen molar-refractivity contribution in [3.8, 4) is 17.2 Å². The maximum Gasteiger partial charge on any atom is 0.283 e. The highest BCUT2D eigenvalue weighted by Gasteiger charge is 2.36. The first kappa shape index (κ1) is 28.2. The Kier molecular flexibility index (Phi) is 8.86. The lowest BCUT2D eigenvalue weighted by atomic mass is 10.1. The molecule has 1 amide bonds. The van der Waals surface area contributed by atoms with E-state index in [9.17, 15) is 4.79 Å². The minimum Gasteiger partial charge on any atom is -0.490 e. The number of hydrogen-bond donors (Lipinski definition) is 1. The van der Waals surface area contributed by atoms with Gasteiger partial charge in [0, 0.05) is 5.56 Å². The standard InChI is InChI=1S/C31H27ClN4O4S/c1-3-9-21-10-5-8-13-25(21)39-16-17-40-26-15-14-20(19-27(26)38-4-2)18-23-28(33)36-31(34-29(23)37)41-30(35-36)22-11-6-7-12-24(22)32/h3,5-8,10-15,18-19,33H,1,4,9,16-17H2,2H3. The number of ether oxygens (including phenoxy) is 3. The Morgan fingerprint density at radius 1 is 1.00 bits per heavy atom. The van der Waals surface area contributed by atoms with Crippen molar-refractivity contribution >= 4 is 51.4 Å². The number of para-hydroxylation sites is 1. The molecule has 10 heteroatoms. The van der Waals surface area contributed by atoms with Crippen LogP contribution in [-0.4, -0.2) is 46.8 Å². The lowest BCUT2D eigenvalue weighted by Crippen LogP contribution is -2.35. The van der Waals surface area contributed by atoms with Gasteiger partial charge in [0.1, 0.15) is 24.0 Å². The molecular weight excluding hydrogens is 560 g/mol. The quantitative estimate of drug-likeness (QED) is 0.155. The second-order valence-corrected chi connectivity index (χ2v) is 10.2. The van der Waals surface area contributed by atoms with Crippen LogP contribution < -0.4 is 14.2 Å². The normalized spacial score (nSPS) is 15.4. The maximum atomic E-state index is 12.9. The van der Waals surface area contributed by atoms with Gasteiger partial charge in [-0.2, -0.15) is 15.1 Å². The highest BCUT2D eigenvalue weighted by molar-refractivity contribution is 8.27. The van der Waals surface area contributed by atoms with E-state index in [1.165, 1.54) is 16.8 Å². The number of carbonyl (C=O) groups excluding carboxylic acids is 1. The van der Waals surface area contributed by atoms with Crippen LogP contribution in [0.4, 0.5) is 0 Å². The molecule has 41 heavy (non-hydrogen) atoms. The van der Waals surface area contributed by atoms with Crippen molar-refractivity contribution in [2.45, 2.75) is 13.3 Å². The Morgan fingerprint density at radius 2 is 1.76 bits per heavy atom. The number of amides is 1. The number of halogens is 1. The molecule has 8 nitrogen and oxygen atoms in total. The van der Waals surface area contributed by atoms with Crippen LogP contribution in [0.15, 0.2) is 95.1 Å². The van der Waals surface area contributed by atoms with E-state index >= 15 is 0 Å². The molecule has 0 aliphatic carbocycles. The van der Waals surface area contributed by atoms with Crippen molar-refractivity contribution in [1.82, 2.24) is 5.01 Å². The molecule has 0 fully saturated rings. The Labute approximate surface area is 247 Å². The predicted molar refractivity (Wildman–Crippen MR) is 165 cm³/mol. The Hall–Kier alpha value is -4.34. The molecule has 0 aromatic heterocycles. The molecule has 0 spiro atoms. The van der Waals surface area contributed by atoms with Crippen LogP contribution in [0.3, 0.4) is 0 Å². The molecule has 0 saturated heterocycles. The average molecular weight is 587 g/mol. The number of rotatable bonds is 11. The lowest BCUT2D eigenvalue weighted by molar-refractivity contribution is -0.114. The molecular formula is C31H27ClN4O4S. The number of benzene rings is 3. The van der Waals surface area contributed by atoms with E-state index in [1.807, 2.05) is 55.5 Å². The van der Waals surface area contributed by atoms with Gasteiger partial charge in [-0.05, 0) is 66.6 Å². The van der Waals surface area contributed by atoms with Crippen molar-refractivity contribution in [2.24, 2.45) is 10.1 Å². The highest BCUT2D eigenvalue weighted by Crippen LogP contribution is 2.34. The molecule has 3 aromatic rings. The first-order chi connectivity index (χ1) is 20.0. The zero-order valence-corrected chi connectivity index (χ0v) is 23.9. The SMILES string of the molecule is C=CCc1ccccc1OCCOc1ccc(C=C2C(=N)N3N=C(c4ccccc4Cl)SC3=NC2=O)cc1OCC. The molecule has 2 aliphatic rings. The Bertz CT molecular complexity index is 1600. The fraction of sp³-hybridized carbons (Fsp3) is 0.161. The van der Waals surface area contributed by atoms with Crippen LogP contribution in [-0.2, 0) is 11.2 Å². The van der Waals surface area contributed by atoms with E-state index in [0.717, 1.165) is 17.7 Å². The van der Waals surface area contributed by atoms with Gasteiger partial charge < -0.3 is 14.2 Å². The van der Waals surface area contributed by atoms with E-state index in [1.54, 1.807) is 30.3 Å². The fourth-order valence-electron chi connectivity index (χ4n) is 4.18. The van der Waals surface area contributed by atoms with Crippen molar-refractivity contribution in [3.05, 3.63) is 107 Å². The third-order valence-electron chi connectivity index (χ3n) is 6.07. The van der Waals surface area contributed by atoms with Crippen LogP contribution in [0.2, 0.25) is 5.02 Å². The van der Waals surface area contributed by atoms with Gasteiger partial charge in [-0.1, -0.05) is 60.1 Å². The van der Waals surface area contributed by atoms with E-state index in [4.69, 9.17) is 31.2 Å². The Balaban J connectivity index is 1.30. The van der Waals surface area contributed by atoms with Crippen LogP contribution in [0.1, 0.15) is 23.6 Å². The number of allylic oxidation sites excluding steroid dienone is 1. The summed E-state index contributed by atoms with van der Waals surface area (Å²) < 4.78 is 17.7. The molecule has 0 bridgehead atoms. The number of thioether (sulfide) groups is 1. The molecule has 2 aliphatic heterocycles. The monoisotopic (exact) mass is 586 g/mol. The second-order valence-electron chi connectivity index (χ2n) is 8.84. The van der Waals surface area contributed by atoms with Crippen molar-refractivity contribution in [3.63, 3.8) is 0 Å². The summed E-state index contributed by atoms with van der Waals surface area (Å²) >= 11 is 7.53. The van der Waals surface area contributed by atoms with Gasteiger partial charge in [-0.15, -0.1) is 6.58 Å². The van der Waals surface area contributed by atoms with Gasteiger partial charge in [0.2, 0.25) is 5.17 Å². The number of amidine groups is 2. The largest absolute Gasteiger partial charge is 0.490 e. The third kappa shape index (κ3) is 6.37. The van der Waals surface area contributed by atoms with Crippen LogP contribution >= 0.6 is 23.4 Å². The molecule has 3 aromatic carbocycles. The first-order valence-corrected chi connectivity index (χ1v) is 14.1. The van der Waals surface area contributed by atoms with Crippen molar-refractivity contribution in [1.29, 1.82) is 5.41 Å². The number of aliphatic imine (C=N–C) groups is 1. The van der Waals surface area contributed by atoms with Gasteiger partial charge in [0.05, 0.1) is 17.2 Å². The smallest absolute Gasteiger partial charge is 0.283 e. The molecule has 5 rings (SSSR count). The number of nitrogens with zero attached hydrogens (tertiary/aromatic N) is 3. The topological polar surface area (TPSA) is 96.6 Å². The molecule has 0 saturated carbocycles. The minimum absolute atomic E-state index is 0.0678. The summed E-state index contributed by atoms with van der Waals surface area (Å²) in [6, 6.07) is 20.4. The van der Waals surface area contributed by atoms with Crippen molar-refractivity contribution in [2.75, 3.05) is 19.8 Å². The number of hydrazone groups is 1. The highest BCUT2D eigenvalue weighted by atomic mass is 35.5. The van der Waals surface area contributed by atoms with Gasteiger partial charge in [0.15, 0.2) is 17.3 Å². The summed E-state index contributed by atoms with van der Waals surface area (Å²) in [6.07, 6.45) is 4.16. The number of carbonyl (C=O) groups is 1. The van der Waals surface area contributed by atoms with Crippen molar-refractivity contribution < 1.29 is 19.0 Å². The van der Waals surface area contributed by atoms with Gasteiger partial charge in [0.25, 0.3) is 5.91 Å². The Morgan fingerprint density at radius 3 is 2.54 bits per heavy atom. The summed E-state index contributed by atoms with van der Waals surface area (Å²) in [5.74, 6) is 1.28. The maximum absolute atomic E-state index is 12.9. The second kappa shape index (κ2) is 12.9. The van der Waals surface area contributed by atoms with Crippen LogP contribution in [0, 0.1) is 5.41 Å². The summed E-state index contributed by atoms with van der Waals surface area (Å²) in [5.41, 5.74) is 2.54. The third-order valence-corrected chi connectivity index (χ3v) is 7.34.